The van der Waals surface area contributed by atoms with Gasteiger partial charge in [-0.25, -0.2) is 9.59 Å². The first-order chi connectivity index (χ1) is 5.63. The summed E-state index contributed by atoms with van der Waals surface area (Å²) >= 11 is 0. The Morgan fingerprint density at radius 1 is 1.42 bits per heavy atom. The Morgan fingerprint density at radius 3 is 2.33 bits per heavy atom. The van der Waals surface area contributed by atoms with Gasteiger partial charge in [0, 0.05) is 0 Å². The second kappa shape index (κ2) is 5.35. The molecule has 0 aromatic carbocycles. The lowest BCUT2D eigenvalue weighted by atomic mass is 10.2. The van der Waals surface area contributed by atoms with Crippen LogP contribution in [0.25, 0.3) is 0 Å². The zero-order valence-corrected chi connectivity index (χ0v) is 7.16. The smallest absolute Gasteiger partial charge is 0.345 e. The fraction of sp³-hybridized carbons (Fsp3) is 0.500. The Kier molecular flexibility index (Phi) is 4.76. The van der Waals surface area contributed by atoms with Gasteiger partial charge in [-0.15, -0.1) is 0 Å². The molecule has 0 unspecified atom stereocenters. The van der Waals surface area contributed by atoms with Gasteiger partial charge in [-0.2, -0.15) is 0 Å². The number of ether oxygens (including phenoxy) is 1. The first-order valence-corrected chi connectivity index (χ1v) is 3.74. The van der Waals surface area contributed by atoms with Gasteiger partial charge in [0.05, 0.1) is 6.61 Å². The van der Waals surface area contributed by atoms with Crippen LogP contribution in [-0.4, -0.2) is 23.7 Å². The number of carbonyl (C=O) groups excluding carboxylic acids is 1. The van der Waals surface area contributed by atoms with Crippen molar-refractivity contribution in [1.29, 1.82) is 0 Å². The van der Waals surface area contributed by atoms with E-state index < -0.39 is 11.9 Å². The number of esters is 1. The van der Waals surface area contributed by atoms with Gasteiger partial charge in [0.1, 0.15) is 5.57 Å². The summed E-state index contributed by atoms with van der Waals surface area (Å²) in [4.78, 5) is 21.3. The Hall–Kier alpha value is -1.32. The highest BCUT2D eigenvalue weighted by Gasteiger charge is 2.16. The van der Waals surface area contributed by atoms with Crippen LogP contribution in [0.4, 0.5) is 0 Å². The van der Waals surface area contributed by atoms with E-state index in [1.54, 1.807) is 13.8 Å². The number of hydrogen-bond donors (Lipinski definition) is 1. The molecule has 4 heteroatoms. The van der Waals surface area contributed by atoms with Crippen molar-refractivity contribution in [3.05, 3.63) is 11.6 Å². The van der Waals surface area contributed by atoms with Crippen LogP contribution in [0.2, 0.25) is 0 Å². The summed E-state index contributed by atoms with van der Waals surface area (Å²) in [5.41, 5.74) is -0.292. The summed E-state index contributed by atoms with van der Waals surface area (Å²) in [6.45, 7) is 3.57. The van der Waals surface area contributed by atoms with Crippen LogP contribution in [0, 0.1) is 0 Å². The fourth-order valence-electron chi connectivity index (χ4n) is 0.671. The van der Waals surface area contributed by atoms with Crippen LogP contribution < -0.4 is 0 Å². The second-order valence-corrected chi connectivity index (χ2v) is 2.05. The van der Waals surface area contributed by atoms with Crippen molar-refractivity contribution < 1.29 is 19.4 Å². The van der Waals surface area contributed by atoms with E-state index in [0.717, 1.165) is 0 Å². The van der Waals surface area contributed by atoms with Gasteiger partial charge < -0.3 is 9.84 Å². The van der Waals surface area contributed by atoms with Crippen LogP contribution in [0.5, 0.6) is 0 Å². The van der Waals surface area contributed by atoms with Gasteiger partial charge in [0.15, 0.2) is 0 Å². The van der Waals surface area contributed by atoms with Crippen molar-refractivity contribution in [2.45, 2.75) is 20.3 Å². The summed E-state index contributed by atoms with van der Waals surface area (Å²) < 4.78 is 4.53. The molecule has 0 aromatic rings. The number of carboxylic acid groups (broad SMARTS) is 1. The van der Waals surface area contributed by atoms with E-state index >= 15 is 0 Å². The van der Waals surface area contributed by atoms with Crippen LogP contribution in [0.15, 0.2) is 11.6 Å². The molecule has 0 saturated heterocycles. The third-order valence-corrected chi connectivity index (χ3v) is 1.13. The van der Waals surface area contributed by atoms with Crippen LogP contribution >= 0.6 is 0 Å². The Labute approximate surface area is 70.8 Å². The Morgan fingerprint density at radius 2 is 2.00 bits per heavy atom. The summed E-state index contributed by atoms with van der Waals surface area (Å²) in [6.07, 6.45) is 1.83. The largest absolute Gasteiger partial charge is 0.477 e. The van der Waals surface area contributed by atoms with Crippen LogP contribution in [0.1, 0.15) is 20.3 Å². The first-order valence-electron chi connectivity index (χ1n) is 3.74. The van der Waals surface area contributed by atoms with Gasteiger partial charge >= 0.3 is 11.9 Å². The lowest BCUT2D eigenvalue weighted by Gasteiger charge is -2.00. The molecular formula is C8H12O4. The first kappa shape index (κ1) is 10.7. The van der Waals surface area contributed by atoms with E-state index in [1.165, 1.54) is 6.08 Å². The maximum atomic E-state index is 10.9. The molecule has 0 aromatic heterocycles. The molecule has 0 aliphatic rings. The maximum absolute atomic E-state index is 10.9. The number of carboxylic acids is 1. The number of aliphatic carboxylic acids is 1. The minimum Gasteiger partial charge on any atom is -0.477 e. The van der Waals surface area contributed by atoms with E-state index in [-0.39, 0.29) is 12.2 Å². The zero-order chi connectivity index (χ0) is 9.56. The monoisotopic (exact) mass is 172 g/mol. The topological polar surface area (TPSA) is 63.6 Å². The van der Waals surface area contributed by atoms with E-state index in [4.69, 9.17) is 5.11 Å². The third-order valence-electron chi connectivity index (χ3n) is 1.13. The highest BCUT2D eigenvalue weighted by molar-refractivity contribution is 6.13. The molecule has 0 aliphatic heterocycles. The van der Waals surface area contributed by atoms with Crippen molar-refractivity contribution >= 4 is 11.9 Å². The molecule has 0 heterocycles. The molecule has 0 rings (SSSR count). The molecule has 0 saturated carbocycles. The molecular weight excluding hydrogens is 160 g/mol. The van der Waals surface area contributed by atoms with E-state index in [9.17, 15) is 9.59 Å². The highest BCUT2D eigenvalue weighted by atomic mass is 16.5. The molecule has 4 nitrogen and oxygen atoms in total. The summed E-state index contributed by atoms with van der Waals surface area (Å²) in [5, 5.41) is 8.53. The molecule has 0 atom stereocenters. The van der Waals surface area contributed by atoms with Gasteiger partial charge in [0.2, 0.25) is 0 Å². The minimum absolute atomic E-state index is 0.188. The predicted octanol–water partition coefficient (Wildman–Crippen LogP) is 0.970. The molecule has 0 fully saturated rings. The quantitative estimate of drug-likeness (QED) is 0.297. The summed E-state index contributed by atoms with van der Waals surface area (Å²) in [7, 11) is 0. The van der Waals surface area contributed by atoms with E-state index in [1.807, 2.05) is 0 Å². The minimum atomic E-state index is -1.24. The van der Waals surface area contributed by atoms with Crippen LogP contribution in [0.3, 0.4) is 0 Å². The SMILES string of the molecule is CCC=C(C(=O)O)C(=O)OCC. The molecule has 0 bridgehead atoms. The summed E-state index contributed by atoms with van der Waals surface area (Å²) in [5.74, 6) is -2.01. The van der Waals surface area contributed by atoms with Gasteiger partial charge in [0.25, 0.3) is 0 Å². The molecule has 1 N–H and O–H groups in total. The van der Waals surface area contributed by atoms with E-state index in [0.29, 0.717) is 6.42 Å². The van der Waals surface area contributed by atoms with Crippen molar-refractivity contribution in [2.24, 2.45) is 0 Å². The maximum Gasteiger partial charge on any atom is 0.345 e. The van der Waals surface area contributed by atoms with Gasteiger partial charge in [-0.1, -0.05) is 13.0 Å². The van der Waals surface area contributed by atoms with Gasteiger partial charge in [-0.3, -0.25) is 0 Å². The molecule has 0 radical (unpaired) electrons. The highest BCUT2D eigenvalue weighted by Crippen LogP contribution is 2.00. The zero-order valence-electron chi connectivity index (χ0n) is 7.16. The third kappa shape index (κ3) is 3.18. The number of carbonyl (C=O) groups is 2. The average Bonchev–Trinajstić information content (AvgIpc) is 1.99. The Balaban J connectivity index is 4.41. The number of allylic oxidation sites excluding steroid dienone is 1. The lowest BCUT2D eigenvalue weighted by Crippen LogP contribution is -2.15. The van der Waals surface area contributed by atoms with E-state index in [2.05, 4.69) is 4.74 Å². The fourth-order valence-corrected chi connectivity index (χ4v) is 0.671. The molecule has 0 spiro atoms. The predicted molar refractivity (Wildman–Crippen MR) is 42.6 cm³/mol. The lowest BCUT2D eigenvalue weighted by molar-refractivity contribution is -0.143. The molecule has 68 valence electrons. The van der Waals surface area contributed by atoms with Crippen molar-refractivity contribution in [1.82, 2.24) is 0 Å². The second-order valence-electron chi connectivity index (χ2n) is 2.05. The average molecular weight is 172 g/mol. The normalized spacial score (nSPS) is 11.0. The van der Waals surface area contributed by atoms with Crippen LogP contribution in [-0.2, 0) is 14.3 Å². The van der Waals surface area contributed by atoms with Gasteiger partial charge in [-0.05, 0) is 13.3 Å². The molecule has 0 aliphatic carbocycles. The molecule has 12 heavy (non-hydrogen) atoms. The van der Waals surface area contributed by atoms with Crippen molar-refractivity contribution in [3.63, 3.8) is 0 Å². The number of rotatable bonds is 4. The Bertz CT molecular complexity index is 205. The standard InChI is InChI=1S/C8H12O4/c1-3-5-6(7(9)10)8(11)12-4-2/h5H,3-4H2,1-2H3,(H,9,10). The van der Waals surface area contributed by atoms with Crippen molar-refractivity contribution in [2.75, 3.05) is 6.61 Å². The summed E-state index contributed by atoms with van der Waals surface area (Å²) in [6, 6.07) is 0. The number of hydrogen-bond acceptors (Lipinski definition) is 3. The molecule has 0 amide bonds. The van der Waals surface area contributed by atoms with Crippen molar-refractivity contribution in [3.8, 4) is 0 Å².